The highest BCUT2D eigenvalue weighted by atomic mass is 15.3. The molecule has 0 radical (unpaired) electrons. The van der Waals surface area contributed by atoms with Crippen molar-refractivity contribution in [3.63, 3.8) is 0 Å². The third kappa shape index (κ3) is 5.84. The largest absolute Gasteiger partial charge is 0.303 e. The van der Waals surface area contributed by atoms with Crippen LogP contribution in [0.3, 0.4) is 0 Å². The number of likely N-dealkylation sites (N-methyl/N-ethyl adjacent to an activating group) is 1. The molecule has 0 aromatic rings. The van der Waals surface area contributed by atoms with Gasteiger partial charge in [-0.1, -0.05) is 27.7 Å². The molecule has 0 bridgehead atoms. The quantitative estimate of drug-likeness (QED) is 0.670. The van der Waals surface area contributed by atoms with Crippen molar-refractivity contribution in [3.05, 3.63) is 0 Å². The van der Waals surface area contributed by atoms with Crippen LogP contribution in [0.1, 0.15) is 27.7 Å². The third-order valence-corrected chi connectivity index (χ3v) is 3.72. The number of nitrogens with zero attached hydrogens (tertiary/aromatic N) is 3. The molecule has 1 saturated heterocycles. The maximum atomic E-state index is 2.62. The number of piperazine rings is 1. The number of hydrogen-bond acceptors (Lipinski definition) is 3. The SMILES string of the molecule is CCN(CC)CCN1CCN(CC(C)C)CC1. The molecule has 0 aromatic carbocycles. The molecule has 3 nitrogen and oxygen atoms in total. The minimum absolute atomic E-state index is 0.803. The average Bonchev–Trinajstić information content (AvgIpc) is 2.32. The van der Waals surface area contributed by atoms with E-state index in [0.29, 0.717) is 0 Å². The van der Waals surface area contributed by atoms with Gasteiger partial charge in [0, 0.05) is 45.8 Å². The molecule has 0 aromatic heterocycles. The average molecular weight is 241 g/mol. The lowest BCUT2D eigenvalue weighted by molar-refractivity contribution is 0.112. The molecule has 0 amide bonds. The van der Waals surface area contributed by atoms with Gasteiger partial charge in [-0.15, -0.1) is 0 Å². The van der Waals surface area contributed by atoms with Gasteiger partial charge in [0.15, 0.2) is 0 Å². The molecule has 1 rings (SSSR count). The molecule has 1 aliphatic heterocycles. The van der Waals surface area contributed by atoms with Crippen LogP contribution in [0.15, 0.2) is 0 Å². The van der Waals surface area contributed by atoms with E-state index in [1.807, 2.05) is 0 Å². The lowest BCUT2D eigenvalue weighted by atomic mass is 10.2. The Morgan fingerprint density at radius 2 is 1.47 bits per heavy atom. The topological polar surface area (TPSA) is 9.72 Å². The first-order valence-electron chi connectivity index (χ1n) is 7.32. The van der Waals surface area contributed by atoms with E-state index < -0.39 is 0 Å². The molecule has 17 heavy (non-hydrogen) atoms. The van der Waals surface area contributed by atoms with Crippen LogP contribution in [-0.2, 0) is 0 Å². The zero-order chi connectivity index (χ0) is 12.7. The summed E-state index contributed by atoms with van der Waals surface area (Å²) < 4.78 is 0. The highest BCUT2D eigenvalue weighted by Crippen LogP contribution is 2.05. The van der Waals surface area contributed by atoms with Crippen LogP contribution in [0, 0.1) is 5.92 Å². The summed E-state index contributed by atoms with van der Waals surface area (Å²) in [6.07, 6.45) is 0. The van der Waals surface area contributed by atoms with Crippen molar-refractivity contribution in [2.75, 3.05) is 58.9 Å². The second-order valence-corrected chi connectivity index (χ2v) is 5.56. The van der Waals surface area contributed by atoms with E-state index in [1.165, 1.54) is 58.9 Å². The molecule has 0 saturated carbocycles. The molecular formula is C14H31N3. The first-order valence-corrected chi connectivity index (χ1v) is 7.32. The van der Waals surface area contributed by atoms with Gasteiger partial charge in [0.1, 0.15) is 0 Å². The molecule has 0 atom stereocenters. The number of rotatable bonds is 7. The Kier molecular flexibility index (Phi) is 7.09. The molecule has 0 aliphatic carbocycles. The maximum absolute atomic E-state index is 2.62. The van der Waals surface area contributed by atoms with Crippen LogP contribution >= 0.6 is 0 Å². The van der Waals surface area contributed by atoms with Gasteiger partial charge in [0.05, 0.1) is 0 Å². The Balaban J connectivity index is 2.14. The van der Waals surface area contributed by atoms with Crippen molar-refractivity contribution < 1.29 is 0 Å². The van der Waals surface area contributed by atoms with Crippen molar-refractivity contribution in [3.8, 4) is 0 Å². The van der Waals surface area contributed by atoms with Gasteiger partial charge in [0.2, 0.25) is 0 Å². The van der Waals surface area contributed by atoms with E-state index in [1.54, 1.807) is 0 Å². The van der Waals surface area contributed by atoms with Crippen LogP contribution in [-0.4, -0.2) is 73.6 Å². The van der Waals surface area contributed by atoms with E-state index >= 15 is 0 Å². The molecule has 3 heteroatoms. The molecule has 0 N–H and O–H groups in total. The summed E-state index contributed by atoms with van der Waals surface area (Å²) in [5.41, 5.74) is 0. The standard InChI is InChI=1S/C14H31N3/c1-5-15(6-2)7-8-16-9-11-17(12-10-16)13-14(3)4/h14H,5-13H2,1-4H3. The Hall–Kier alpha value is -0.120. The zero-order valence-corrected chi connectivity index (χ0v) is 12.3. The predicted octanol–water partition coefficient (Wildman–Crippen LogP) is 1.60. The maximum Gasteiger partial charge on any atom is 0.0110 e. The lowest BCUT2D eigenvalue weighted by Crippen LogP contribution is -2.49. The van der Waals surface area contributed by atoms with E-state index in [4.69, 9.17) is 0 Å². The molecular weight excluding hydrogens is 210 g/mol. The van der Waals surface area contributed by atoms with Gasteiger partial charge in [-0.3, -0.25) is 4.90 Å². The van der Waals surface area contributed by atoms with Crippen molar-refractivity contribution in [1.82, 2.24) is 14.7 Å². The van der Waals surface area contributed by atoms with Gasteiger partial charge < -0.3 is 9.80 Å². The monoisotopic (exact) mass is 241 g/mol. The summed E-state index contributed by atoms with van der Waals surface area (Å²) in [7, 11) is 0. The lowest BCUT2D eigenvalue weighted by Gasteiger charge is -2.36. The van der Waals surface area contributed by atoms with Crippen molar-refractivity contribution >= 4 is 0 Å². The van der Waals surface area contributed by atoms with Gasteiger partial charge in [-0.25, -0.2) is 0 Å². The second kappa shape index (κ2) is 8.06. The Morgan fingerprint density at radius 3 is 1.94 bits per heavy atom. The summed E-state index contributed by atoms with van der Waals surface area (Å²) in [5, 5.41) is 0. The van der Waals surface area contributed by atoms with Crippen LogP contribution < -0.4 is 0 Å². The summed E-state index contributed by atoms with van der Waals surface area (Å²) >= 11 is 0. The van der Waals surface area contributed by atoms with E-state index in [9.17, 15) is 0 Å². The van der Waals surface area contributed by atoms with E-state index in [-0.39, 0.29) is 0 Å². The Labute approximate surface area is 108 Å². The number of hydrogen-bond donors (Lipinski definition) is 0. The summed E-state index contributed by atoms with van der Waals surface area (Å²) in [4.78, 5) is 7.74. The Morgan fingerprint density at radius 1 is 0.941 bits per heavy atom. The van der Waals surface area contributed by atoms with Crippen LogP contribution in [0.2, 0.25) is 0 Å². The highest BCUT2D eigenvalue weighted by molar-refractivity contribution is 4.73. The van der Waals surface area contributed by atoms with Crippen LogP contribution in [0.25, 0.3) is 0 Å². The van der Waals surface area contributed by atoms with E-state index in [0.717, 1.165) is 5.92 Å². The van der Waals surface area contributed by atoms with Gasteiger partial charge in [-0.2, -0.15) is 0 Å². The Bertz CT molecular complexity index is 182. The first-order chi connectivity index (χ1) is 8.15. The smallest absolute Gasteiger partial charge is 0.0110 e. The summed E-state index contributed by atoms with van der Waals surface area (Å²) in [5.74, 6) is 0.803. The molecule has 1 fully saturated rings. The molecule has 0 unspecified atom stereocenters. The van der Waals surface area contributed by atoms with Crippen molar-refractivity contribution in [2.24, 2.45) is 5.92 Å². The minimum Gasteiger partial charge on any atom is -0.303 e. The van der Waals surface area contributed by atoms with Gasteiger partial charge >= 0.3 is 0 Å². The third-order valence-electron chi connectivity index (χ3n) is 3.72. The zero-order valence-electron chi connectivity index (χ0n) is 12.3. The highest BCUT2D eigenvalue weighted by Gasteiger charge is 2.17. The molecule has 1 aliphatic rings. The van der Waals surface area contributed by atoms with Gasteiger partial charge in [0.25, 0.3) is 0 Å². The van der Waals surface area contributed by atoms with Crippen LogP contribution in [0.4, 0.5) is 0 Å². The van der Waals surface area contributed by atoms with Crippen molar-refractivity contribution in [1.29, 1.82) is 0 Å². The van der Waals surface area contributed by atoms with E-state index in [2.05, 4.69) is 42.4 Å². The normalized spacial score (nSPS) is 19.4. The molecule has 102 valence electrons. The predicted molar refractivity (Wildman–Crippen MR) is 75.5 cm³/mol. The fourth-order valence-corrected chi connectivity index (χ4v) is 2.53. The second-order valence-electron chi connectivity index (χ2n) is 5.56. The fourth-order valence-electron chi connectivity index (χ4n) is 2.53. The fraction of sp³-hybridized carbons (Fsp3) is 1.00. The summed E-state index contributed by atoms with van der Waals surface area (Å²) in [6, 6.07) is 0. The molecule has 1 heterocycles. The summed E-state index contributed by atoms with van der Waals surface area (Å²) in [6.45, 7) is 20.3. The minimum atomic E-state index is 0.803. The first kappa shape index (κ1) is 14.9. The van der Waals surface area contributed by atoms with Crippen molar-refractivity contribution in [2.45, 2.75) is 27.7 Å². The van der Waals surface area contributed by atoms with Crippen LogP contribution in [0.5, 0.6) is 0 Å². The van der Waals surface area contributed by atoms with Gasteiger partial charge in [-0.05, 0) is 19.0 Å². The molecule has 0 spiro atoms.